The number of hydrogen-bond donors (Lipinski definition) is 1. The van der Waals surface area contributed by atoms with E-state index in [1.54, 1.807) is 4.68 Å². The highest BCUT2D eigenvalue weighted by molar-refractivity contribution is 5.38. The van der Waals surface area contributed by atoms with Gasteiger partial charge in [0.15, 0.2) is 0 Å². The maximum Gasteiger partial charge on any atom is 0.247 e. The van der Waals surface area contributed by atoms with Crippen molar-refractivity contribution in [3.63, 3.8) is 0 Å². The predicted octanol–water partition coefficient (Wildman–Crippen LogP) is 3.24. The van der Waals surface area contributed by atoms with E-state index in [-0.39, 0.29) is 6.10 Å². The van der Waals surface area contributed by atoms with E-state index in [1.807, 2.05) is 36.4 Å². The molecular formula is C19H21N5O. The molecule has 128 valence electrons. The molecule has 0 radical (unpaired) electrons. The van der Waals surface area contributed by atoms with Crippen molar-refractivity contribution < 1.29 is 4.74 Å². The van der Waals surface area contributed by atoms with Gasteiger partial charge in [0.2, 0.25) is 5.95 Å². The van der Waals surface area contributed by atoms with Crippen LogP contribution < -0.4 is 5.32 Å². The largest absolute Gasteiger partial charge is 0.373 e. The van der Waals surface area contributed by atoms with Crippen molar-refractivity contribution in [2.75, 3.05) is 18.5 Å². The van der Waals surface area contributed by atoms with Gasteiger partial charge in [0.05, 0.1) is 11.8 Å². The zero-order valence-electron chi connectivity index (χ0n) is 14.0. The second kappa shape index (κ2) is 7.44. The normalized spacial score (nSPS) is 20.3. The Labute approximate surface area is 146 Å². The van der Waals surface area contributed by atoms with Crippen LogP contribution in [0.5, 0.6) is 0 Å². The Kier molecular flexibility index (Phi) is 4.70. The van der Waals surface area contributed by atoms with Gasteiger partial charge in [-0.15, -0.1) is 0 Å². The van der Waals surface area contributed by atoms with E-state index in [9.17, 15) is 0 Å². The van der Waals surface area contributed by atoms with Crippen molar-refractivity contribution >= 4 is 5.95 Å². The molecule has 1 aliphatic heterocycles. The first-order valence-electron chi connectivity index (χ1n) is 8.66. The average Bonchev–Trinajstić information content (AvgIpc) is 3.17. The molecule has 0 spiro atoms. The van der Waals surface area contributed by atoms with Gasteiger partial charge in [0, 0.05) is 19.1 Å². The minimum absolute atomic E-state index is 0.114. The molecule has 2 atom stereocenters. The fourth-order valence-corrected chi connectivity index (χ4v) is 3.33. The summed E-state index contributed by atoms with van der Waals surface area (Å²) in [4.78, 5) is 0. The van der Waals surface area contributed by atoms with Crippen molar-refractivity contribution in [2.45, 2.75) is 18.9 Å². The molecule has 4 rings (SSSR count). The van der Waals surface area contributed by atoms with E-state index < -0.39 is 0 Å². The molecule has 2 aromatic carbocycles. The Bertz CT molecular complexity index is 790. The van der Waals surface area contributed by atoms with E-state index in [1.165, 1.54) is 5.56 Å². The number of aromatic nitrogens is 4. The lowest BCUT2D eigenvalue weighted by atomic mass is 9.89. The maximum atomic E-state index is 6.06. The molecule has 1 saturated heterocycles. The van der Waals surface area contributed by atoms with Crippen LogP contribution in [0.25, 0.3) is 5.69 Å². The SMILES string of the molecule is c1ccc(C2OCCCC2CNc2nnnn2-c2ccccc2)cc1. The highest BCUT2D eigenvalue weighted by Crippen LogP contribution is 2.33. The summed E-state index contributed by atoms with van der Waals surface area (Å²) in [6.07, 6.45) is 2.32. The number of hydrogen-bond acceptors (Lipinski definition) is 5. The monoisotopic (exact) mass is 335 g/mol. The summed E-state index contributed by atoms with van der Waals surface area (Å²) in [5.74, 6) is 1.04. The van der Waals surface area contributed by atoms with E-state index in [4.69, 9.17) is 4.74 Å². The van der Waals surface area contributed by atoms with E-state index in [2.05, 4.69) is 45.1 Å². The third-order valence-corrected chi connectivity index (χ3v) is 4.57. The van der Waals surface area contributed by atoms with Gasteiger partial charge in [-0.25, -0.2) is 0 Å². The lowest BCUT2D eigenvalue weighted by Crippen LogP contribution is -2.29. The summed E-state index contributed by atoms with van der Waals surface area (Å²) in [5.41, 5.74) is 2.17. The number of para-hydroxylation sites is 1. The first-order valence-corrected chi connectivity index (χ1v) is 8.66. The fourth-order valence-electron chi connectivity index (χ4n) is 3.33. The Hall–Kier alpha value is -2.73. The van der Waals surface area contributed by atoms with Crippen LogP contribution in [0.1, 0.15) is 24.5 Å². The number of benzene rings is 2. The molecule has 25 heavy (non-hydrogen) atoms. The van der Waals surface area contributed by atoms with Gasteiger partial charge in [-0.05, 0) is 41.0 Å². The first-order chi connectivity index (χ1) is 12.4. The Morgan fingerprint density at radius 3 is 2.60 bits per heavy atom. The number of ether oxygens (including phenoxy) is 1. The van der Waals surface area contributed by atoms with Crippen LogP contribution in [0, 0.1) is 5.92 Å². The smallest absolute Gasteiger partial charge is 0.247 e. The van der Waals surface area contributed by atoms with Crippen molar-refractivity contribution in [1.82, 2.24) is 20.2 Å². The summed E-state index contributed by atoms with van der Waals surface area (Å²) in [5, 5.41) is 15.4. The molecule has 0 aliphatic carbocycles. The quantitative estimate of drug-likeness (QED) is 0.775. The molecule has 6 nitrogen and oxygen atoms in total. The number of nitrogens with one attached hydrogen (secondary N) is 1. The molecule has 2 heterocycles. The van der Waals surface area contributed by atoms with Gasteiger partial charge in [-0.2, -0.15) is 4.68 Å². The molecule has 6 heteroatoms. The molecule has 2 unspecified atom stereocenters. The van der Waals surface area contributed by atoms with E-state index in [0.717, 1.165) is 31.7 Å². The minimum Gasteiger partial charge on any atom is -0.373 e. The third-order valence-electron chi connectivity index (χ3n) is 4.57. The highest BCUT2D eigenvalue weighted by Gasteiger charge is 2.27. The van der Waals surface area contributed by atoms with Crippen molar-refractivity contribution in [1.29, 1.82) is 0 Å². The molecule has 0 saturated carbocycles. The lowest BCUT2D eigenvalue weighted by Gasteiger charge is -2.32. The maximum absolute atomic E-state index is 6.06. The molecule has 1 aliphatic rings. The van der Waals surface area contributed by atoms with E-state index >= 15 is 0 Å². The van der Waals surface area contributed by atoms with Crippen LogP contribution in [0.4, 0.5) is 5.95 Å². The topological polar surface area (TPSA) is 64.9 Å². The van der Waals surface area contributed by atoms with E-state index in [0.29, 0.717) is 11.9 Å². The Morgan fingerprint density at radius 1 is 1.04 bits per heavy atom. The third kappa shape index (κ3) is 3.53. The first kappa shape index (κ1) is 15.8. The van der Waals surface area contributed by atoms with Crippen molar-refractivity contribution in [2.24, 2.45) is 5.92 Å². The van der Waals surface area contributed by atoms with Crippen molar-refractivity contribution in [3.8, 4) is 5.69 Å². The lowest BCUT2D eigenvalue weighted by molar-refractivity contribution is -0.0239. The molecule has 1 N–H and O–H groups in total. The number of tetrazole rings is 1. The summed E-state index contributed by atoms with van der Waals surface area (Å²) in [7, 11) is 0. The number of nitrogens with zero attached hydrogens (tertiary/aromatic N) is 4. The molecule has 3 aromatic rings. The summed E-state index contributed by atoms with van der Waals surface area (Å²) in [6, 6.07) is 20.3. The zero-order valence-corrected chi connectivity index (χ0v) is 14.0. The second-order valence-corrected chi connectivity index (χ2v) is 6.24. The van der Waals surface area contributed by atoms with Crippen LogP contribution in [-0.4, -0.2) is 33.4 Å². The van der Waals surface area contributed by atoms with Crippen LogP contribution in [-0.2, 0) is 4.74 Å². The summed E-state index contributed by atoms with van der Waals surface area (Å²) in [6.45, 7) is 1.59. The fraction of sp³-hybridized carbons (Fsp3) is 0.316. The van der Waals surface area contributed by atoms with Crippen molar-refractivity contribution in [3.05, 3.63) is 66.2 Å². The van der Waals surface area contributed by atoms with Gasteiger partial charge in [-0.1, -0.05) is 53.6 Å². The van der Waals surface area contributed by atoms with Crippen LogP contribution >= 0.6 is 0 Å². The van der Waals surface area contributed by atoms with Crippen LogP contribution in [0.2, 0.25) is 0 Å². The van der Waals surface area contributed by atoms with Crippen LogP contribution in [0.3, 0.4) is 0 Å². The number of rotatable bonds is 5. The zero-order chi connectivity index (χ0) is 16.9. The summed E-state index contributed by atoms with van der Waals surface area (Å²) >= 11 is 0. The Morgan fingerprint density at radius 2 is 1.80 bits per heavy atom. The van der Waals surface area contributed by atoms with Gasteiger partial charge >= 0.3 is 0 Å². The molecule has 1 aromatic heterocycles. The van der Waals surface area contributed by atoms with Crippen LogP contribution in [0.15, 0.2) is 60.7 Å². The summed E-state index contributed by atoms with van der Waals surface area (Å²) < 4.78 is 7.79. The van der Waals surface area contributed by atoms with Gasteiger partial charge < -0.3 is 10.1 Å². The molecule has 0 amide bonds. The van der Waals surface area contributed by atoms with Gasteiger partial charge in [0.25, 0.3) is 0 Å². The highest BCUT2D eigenvalue weighted by atomic mass is 16.5. The average molecular weight is 335 g/mol. The predicted molar refractivity (Wildman–Crippen MR) is 95.5 cm³/mol. The molecular weight excluding hydrogens is 314 g/mol. The molecule has 0 bridgehead atoms. The Balaban J connectivity index is 1.48. The molecule has 1 fully saturated rings. The van der Waals surface area contributed by atoms with Gasteiger partial charge in [-0.3, -0.25) is 0 Å². The van der Waals surface area contributed by atoms with Gasteiger partial charge in [0.1, 0.15) is 0 Å². The standard InChI is InChI=1S/C19H21N5O/c1-3-8-15(9-4-1)18-16(10-7-13-25-18)14-20-19-21-22-23-24(19)17-11-5-2-6-12-17/h1-6,8-9,11-12,16,18H,7,10,13-14H2,(H,20,21,23). The number of anilines is 1. The minimum atomic E-state index is 0.114. The second-order valence-electron chi connectivity index (χ2n) is 6.24.